The van der Waals surface area contributed by atoms with Crippen molar-refractivity contribution in [3.63, 3.8) is 0 Å². The molecule has 1 saturated carbocycles. The SMILES string of the molecule is NCC1(NC(=O)c2ccc(F)cc2F)CCC1. The van der Waals surface area contributed by atoms with Crippen LogP contribution in [0, 0.1) is 11.6 Å². The Morgan fingerprint density at radius 3 is 2.59 bits per heavy atom. The molecule has 92 valence electrons. The third-order valence-corrected chi connectivity index (χ3v) is 3.26. The molecule has 0 bridgehead atoms. The first-order chi connectivity index (χ1) is 8.06. The van der Waals surface area contributed by atoms with Gasteiger partial charge in [0.15, 0.2) is 0 Å². The smallest absolute Gasteiger partial charge is 0.254 e. The molecule has 17 heavy (non-hydrogen) atoms. The molecule has 0 radical (unpaired) electrons. The summed E-state index contributed by atoms with van der Waals surface area (Å²) >= 11 is 0. The molecular formula is C12H14F2N2O. The number of nitrogens with two attached hydrogens (primary N) is 1. The summed E-state index contributed by atoms with van der Waals surface area (Å²) in [5.41, 5.74) is 5.04. The Morgan fingerprint density at radius 1 is 1.41 bits per heavy atom. The Hall–Kier alpha value is -1.49. The van der Waals surface area contributed by atoms with Crippen LogP contribution < -0.4 is 11.1 Å². The van der Waals surface area contributed by atoms with Crippen molar-refractivity contribution >= 4 is 5.91 Å². The lowest BCUT2D eigenvalue weighted by atomic mass is 9.76. The summed E-state index contributed by atoms with van der Waals surface area (Å²) in [5.74, 6) is -2.09. The molecule has 0 aromatic heterocycles. The molecule has 0 heterocycles. The Labute approximate surface area is 98.0 Å². The van der Waals surface area contributed by atoms with Gasteiger partial charge in [0.25, 0.3) is 5.91 Å². The zero-order valence-electron chi connectivity index (χ0n) is 9.30. The molecule has 5 heteroatoms. The van der Waals surface area contributed by atoms with E-state index in [-0.39, 0.29) is 5.56 Å². The number of benzene rings is 1. The monoisotopic (exact) mass is 240 g/mol. The van der Waals surface area contributed by atoms with E-state index in [1.54, 1.807) is 0 Å². The summed E-state index contributed by atoms with van der Waals surface area (Å²) in [6.45, 7) is 0.335. The molecule has 1 aromatic rings. The van der Waals surface area contributed by atoms with Gasteiger partial charge in [0.05, 0.1) is 11.1 Å². The maximum atomic E-state index is 13.4. The van der Waals surface area contributed by atoms with Crippen LogP contribution in [0.1, 0.15) is 29.6 Å². The predicted octanol–water partition coefficient (Wildman–Crippen LogP) is 1.58. The summed E-state index contributed by atoms with van der Waals surface area (Å²) in [6.07, 6.45) is 2.61. The minimum absolute atomic E-state index is 0.147. The van der Waals surface area contributed by atoms with Crippen molar-refractivity contribution in [3.8, 4) is 0 Å². The zero-order valence-corrected chi connectivity index (χ0v) is 9.30. The van der Waals surface area contributed by atoms with Crippen molar-refractivity contribution in [1.29, 1.82) is 0 Å². The number of nitrogens with one attached hydrogen (secondary N) is 1. The number of amides is 1. The lowest BCUT2D eigenvalue weighted by Crippen LogP contribution is -2.58. The maximum absolute atomic E-state index is 13.4. The van der Waals surface area contributed by atoms with Crippen molar-refractivity contribution in [2.45, 2.75) is 24.8 Å². The number of hydrogen-bond acceptors (Lipinski definition) is 2. The highest BCUT2D eigenvalue weighted by molar-refractivity contribution is 5.95. The molecular weight excluding hydrogens is 226 g/mol. The molecule has 0 spiro atoms. The van der Waals surface area contributed by atoms with Gasteiger partial charge in [0.2, 0.25) is 0 Å². The van der Waals surface area contributed by atoms with Gasteiger partial charge >= 0.3 is 0 Å². The molecule has 1 fully saturated rings. The molecule has 1 aromatic carbocycles. The van der Waals surface area contributed by atoms with Crippen LogP contribution in [0.2, 0.25) is 0 Å². The van der Waals surface area contributed by atoms with Gasteiger partial charge < -0.3 is 11.1 Å². The first kappa shape index (κ1) is 12.0. The van der Waals surface area contributed by atoms with E-state index in [1.165, 1.54) is 0 Å². The molecule has 0 atom stereocenters. The van der Waals surface area contributed by atoms with Crippen molar-refractivity contribution in [2.24, 2.45) is 5.73 Å². The van der Waals surface area contributed by atoms with Gasteiger partial charge in [-0.25, -0.2) is 8.78 Å². The van der Waals surface area contributed by atoms with Crippen molar-refractivity contribution < 1.29 is 13.6 Å². The highest BCUT2D eigenvalue weighted by Crippen LogP contribution is 2.31. The number of hydrogen-bond donors (Lipinski definition) is 2. The van der Waals surface area contributed by atoms with E-state index in [9.17, 15) is 13.6 Å². The minimum atomic E-state index is -0.853. The molecule has 1 amide bonds. The van der Waals surface area contributed by atoms with Crippen LogP contribution in [-0.4, -0.2) is 18.0 Å². The van der Waals surface area contributed by atoms with Crippen LogP contribution in [-0.2, 0) is 0 Å². The first-order valence-corrected chi connectivity index (χ1v) is 5.54. The first-order valence-electron chi connectivity index (χ1n) is 5.54. The van der Waals surface area contributed by atoms with Crippen LogP contribution in [0.25, 0.3) is 0 Å². The highest BCUT2D eigenvalue weighted by atomic mass is 19.1. The standard InChI is InChI=1S/C12H14F2N2O/c13-8-2-3-9(10(14)6-8)11(17)16-12(7-15)4-1-5-12/h2-3,6H,1,4-5,7,15H2,(H,16,17). The third-order valence-electron chi connectivity index (χ3n) is 3.26. The van der Waals surface area contributed by atoms with Gasteiger partial charge in [0.1, 0.15) is 11.6 Å². The summed E-state index contributed by atoms with van der Waals surface area (Å²) < 4.78 is 26.1. The zero-order chi connectivity index (χ0) is 12.5. The van der Waals surface area contributed by atoms with Crippen LogP contribution in [0.5, 0.6) is 0 Å². The van der Waals surface area contributed by atoms with Gasteiger partial charge in [-0.15, -0.1) is 0 Å². The molecule has 1 aliphatic carbocycles. The average Bonchev–Trinajstić information content (AvgIpc) is 2.23. The summed E-state index contributed by atoms with van der Waals surface area (Å²) in [7, 11) is 0. The average molecular weight is 240 g/mol. The van der Waals surface area contributed by atoms with Gasteiger partial charge in [0, 0.05) is 12.6 Å². The van der Waals surface area contributed by atoms with E-state index in [4.69, 9.17) is 5.73 Å². The Bertz CT molecular complexity index is 439. The number of halogens is 2. The second-order valence-corrected chi connectivity index (χ2v) is 4.42. The van der Waals surface area contributed by atoms with E-state index in [0.717, 1.165) is 31.4 Å². The van der Waals surface area contributed by atoms with Crippen LogP contribution in [0.3, 0.4) is 0 Å². The van der Waals surface area contributed by atoms with Crippen molar-refractivity contribution in [2.75, 3.05) is 6.54 Å². The summed E-state index contributed by atoms with van der Waals surface area (Å²) in [4.78, 5) is 11.8. The van der Waals surface area contributed by atoms with E-state index in [1.807, 2.05) is 0 Å². The highest BCUT2D eigenvalue weighted by Gasteiger charge is 2.37. The molecule has 3 N–H and O–H groups in total. The van der Waals surface area contributed by atoms with Crippen LogP contribution in [0.4, 0.5) is 8.78 Å². The fourth-order valence-corrected chi connectivity index (χ4v) is 1.97. The Balaban J connectivity index is 2.14. The fourth-order valence-electron chi connectivity index (χ4n) is 1.97. The number of carbonyl (C=O) groups is 1. The second kappa shape index (κ2) is 4.41. The Morgan fingerprint density at radius 2 is 2.12 bits per heavy atom. The third kappa shape index (κ3) is 2.29. The molecule has 0 aliphatic heterocycles. The Kier molecular flexibility index (Phi) is 3.11. The van der Waals surface area contributed by atoms with Gasteiger partial charge in [-0.1, -0.05) is 0 Å². The molecule has 1 aliphatic rings. The quantitative estimate of drug-likeness (QED) is 0.842. The lowest BCUT2D eigenvalue weighted by molar-refractivity contribution is 0.0833. The predicted molar refractivity (Wildman–Crippen MR) is 59.5 cm³/mol. The van der Waals surface area contributed by atoms with E-state index in [2.05, 4.69) is 5.32 Å². The van der Waals surface area contributed by atoms with Crippen molar-refractivity contribution in [3.05, 3.63) is 35.4 Å². The maximum Gasteiger partial charge on any atom is 0.254 e. The summed E-state index contributed by atoms with van der Waals surface area (Å²) in [5, 5.41) is 2.73. The van der Waals surface area contributed by atoms with E-state index < -0.39 is 23.1 Å². The summed E-state index contributed by atoms with van der Waals surface area (Å²) in [6, 6.07) is 2.90. The largest absolute Gasteiger partial charge is 0.345 e. The molecule has 3 nitrogen and oxygen atoms in total. The van der Waals surface area contributed by atoms with Gasteiger partial charge in [-0.2, -0.15) is 0 Å². The van der Waals surface area contributed by atoms with Gasteiger partial charge in [-0.05, 0) is 31.4 Å². The molecule has 0 saturated heterocycles. The van der Waals surface area contributed by atoms with Crippen LogP contribution >= 0.6 is 0 Å². The topological polar surface area (TPSA) is 55.1 Å². The number of rotatable bonds is 3. The molecule has 0 unspecified atom stereocenters. The van der Waals surface area contributed by atoms with Crippen LogP contribution in [0.15, 0.2) is 18.2 Å². The molecule has 2 rings (SSSR count). The van der Waals surface area contributed by atoms with Gasteiger partial charge in [-0.3, -0.25) is 4.79 Å². The van der Waals surface area contributed by atoms with E-state index in [0.29, 0.717) is 12.6 Å². The second-order valence-electron chi connectivity index (χ2n) is 4.42. The lowest BCUT2D eigenvalue weighted by Gasteiger charge is -2.41. The normalized spacial score (nSPS) is 17.4. The minimum Gasteiger partial charge on any atom is -0.345 e. The number of carbonyl (C=O) groups excluding carboxylic acids is 1. The van der Waals surface area contributed by atoms with E-state index >= 15 is 0 Å². The van der Waals surface area contributed by atoms with Crippen molar-refractivity contribution in [1.82, 2.24) is 5.32 Å². The fraction of sp³-hybridized carbons (Fsp3) is 0.417.